The molecular weight excluding hydrogens is 743 g/mol. The molecule has 0 aromatic carbocycles. The Balaban J connectivity index is 3.54. The normalized spacial score (nSPS) is 13.1. The maximum atomic E-state index is 12.4. The average Bonchev–Trinajstić information content (AvgIpc) is 3.25. The monoisotopic (exact) mass is 842 g/mol. The van der Waals surface area contributed by atoms with Gasteiger partial charge in [0, 0.05) is 12.8 Å². The standard InChI is InChI=1S/C54H99NO5/c1-3-5-7-9-11-13-15-17-24-28-32-36-40-44-48-54(59)60-49-45-41-37-33-29-25-22-20-18-19-21-23-27-31-35-39-43-47-53(58)55-51(50-56)52(57)46-42-38-34-30-26-16-14-12-10-8-6-4-2/h15,17-18,20,25,29,42,46,51-52,56-57H,3-14,16,19,21-24,26-28,30-41,43-45,47-50H2,1-2H3,(H,55,58)/b17-15-,20-18-,29-25-,46-42+. The molecule has 0 aliphatic carbocycles. The summed E-state index contributed by atoms with van der Waals surface area (Å²) < 4.78 is 5.44. The second-order valence-corrected chi connectivity index (χ2v) is 17.5. The van der Waals surface area contributed by atoms with Crippen LogP contribution in [0.4, 0.5) is 0 Å². The van der Waals surface area contributed by atoms with Crippen LogP contribution in [0.5, 0.6) is 0 Å². The van der Waals surface area contributed by atoms with Gasteiger partial charge in [-0.25, -0.2) is 0 Å². The zero-order valence-corrected chi connectivity index (χ0v) is 39.7. The van der Waals surface area contributed by atoms with E-state index < -0.39 is 12.1 Å². The molecule has 0 heterocycles. The first-order valence-electron chi connectivity index (χ1n) is 25.9. The summed E-state index contributed by atoms with van der Waals surface area (Å²) in [5.74, 6) is -0.113. The Hall–Kier alpha value is -2.18. The summed E-state index contributed by atoms with van der Waals surface area (Å²) in [7, 11) is 0. The van der Waals surface area contributed by atoms with Crippen molar-refractivity contribution in [2.24, 2.45) is 0 Å². The van der Waals surface area contributed by atoms with Crippen LogP contribution in [0.1, 0.15) is 258 Å². The lowest BCUT2D eigenvalue weighted by Gasteiger charge is -2.20. The van der Waals surface area contributed by atoms with Gasteiger partial charge in [-0.05, 0) is 96.3 Å². The number of hydrogen-bond acceptors (Lipinski definition) is 5. The molecule has 60 heavy (non-hydrogen) atoms. The summed E-state index contributed by atoms with van der Waals surface area (Å²) in [4.78, 5) is 24.4. The van der Waals surface area contributed by atoms with Crippen LogP contribution < -0.4 is 5.32 Å². The van der Waals surface area contributed by atoms with E-state index >= 15 is 0 Å². The van der Waals surface area contributed by atoms with Crippen molar-refractivity contribution in [3.63, 3.8) is 0 Å². The van der Waals surface area contributed by atoms with Gasteiger partial charge in [0.2, 0.25) is 5.91 Å². The molecule has 350 valence electrons. The molecule has 0 aliphatic rings. The van der Waals surface area contributed by atoms with Crippen molar-refractivity contribution in [2.75, 3.05) is 13.2 Å². The Morgan fingerprint density at radius 1 is 0.467 bits per heavy atom. The molecule has 0 aromatic heterocycles. The van der Waals surface area contributed by atoms with Crippen molar-refractivity contribution >= 4 is 11.9 Å². The topological polar surface area (TPSA) is 95.9 Å². The number of ether oxygens (including phenoxy) is 1. The molecule has 1 amide bonds. The van der Waals surface area contributed by atoms with Crippen LogP contribution in [0.15, 0.2) is 48.6 Å². The van der Waals surface area contributed by atoms with Gasteiger partial charge in [-0.3, -0.25) is 9.59 Å². The number of aliphatic hydroxyl groups is 2. The lowest BCUT2D eigenvalue weighted by Crippen LogP contribution is -2.45. The molecule has 0 aromatic rings. The first kappa shape index (κ1) is 57.8. The Morgan fingerprint density at radius 3 is 1.28 bits per heavy atom. The third-order valence-corrected chi connectivity index (χ3v) is 11.6. The number of nitrogens with one attached hydrogen (secondary N) is 1. The molecule has 0 radical (unpaired) electrons. The zero-order chi connectivity index (χ0) is 43.7. The maximum absolute atomic E-state index is 12.4. The van der Waals surface area contributed by atoms with Gasteiger partial charge >= 0.3 is 5.97 Å². The van der Waals surface area contributed by atoms with Crippen molar-refractivity contribution in [1.29, 1.82) is 0 Å². The lowest BCUT2D eigenvalue weighted by atomic mass is 10.1. The maximum Gasteiger partial charge on any atom is 0.305 e. The molecule has 0 fully saturated rings. The van der Waals surface area contributed by atoms with Gasteiger partial charge in [-0.15, -0.1) is 0 Å². The highest BCUT2D eigenvalue weighted by atomic mass is 16.5. The number of allylic oxidation sites excluding steroid dienone is 7. The highest BCUT2D eigenvalue weighted by molar-refractivity contribution is 5.76. The fourth-order valence-electron chi connectivity index (χ4n) is 7.54. The molecule has 2 unspecified atom stereocenters. The summed E-state index contributed by atoms with van der Waals surface area (Å²) in [6.45, 7) is 4.82. The fraction of sp³-hybridized carbons (Fsp3) is 0.815. The van der Waals surface area contributed by atoms with Gasteiger partial charge in [-0.2, -0.15) is 0 Å². The van der Waals surface area contributed by atoms with Crippen LogP contribution in [-0.2, 0) is 14.3 Å². The van der Waals surface area contributed by atoms with Crippen LogP contribution in [0.2, 0.25) is 0 Å². The van der Waals surface area contributed by atoms with Crippen LogP contribution in [0, 0.1) is 0 Å². The second-order valence-electron chi connectivity index (χ2n) is 17.5. The minimum Gasteiger partial charge on any atom is -0.466 e. The number of carbonyl (C=O) groups excluding carboxylic acids is 2. The van der Waals surface area contributed by atoms with E-state index in [9.17, 15) is 19.8 Å². The fourth-order valence-corrected chi connectivity index (χ4v) is 7.54. The first-order chi connectivity index (χ1) is 29.5. The molecule has 0 spiro atoms. The predicted molar refractivity (Wildman–Crippen MR) is 259 cm³/mol. The number of carbonyl (C=O) groups is 2. The molecule has 0 aliphatic heterocycles. The summed E-state index contributed by atoms with van der Waals surface area (Å²) in [5, 5.41) is 23.0. The van der Waals surface area contributed by atoms with Gasteiger partial charge in [0.15, 0.2) is 0 Å². The van der Waals surface area contributed by atoms with Crippen molar-refractivity contribution in [2.45, 2.75) is 270 Å². The van der Waals surface area contributed by atoms with E-state index in [2.05, 4.69) is 55.6 Å². The van der Waals surface area contributed by atoms with E-state index in [1.54, 1.807) is 6.08 Å². The second kappa shape index (κ2) is 49.5. The molecule has 0 bridgehead atoms. The molecule has 0 saturated heterocycles. The SMILES string of the molecule is CCCCCCC/C=C\CCCCCCCC(=O)OCCCCC/C=C\C/C=C\CCCCCCCCCC(=O)NC(CO)C(O)/C=C/CCCCCCCCCCCC. The van der Waals surface area contributed by atoms with Crippen LogP contribution in [0.3, 0.4) is 0 Å². The molecule has 6 heteroatoms. The summed E-state index contributed by atoms with van der Waals surface area (Å²) in [6, 6.07) is -0.640. The summed E-state index contributed by atoms with van der Waals surface area (Å²) in [6.07, 6.45) is 61.1. The highest BCUT2D eigenvalue weighted by Gasteiger charge is 2.18. The van der Waals surface area contributed by atoms with E-state index in [1.807, 2.05) is 6.08 Å². The molecule has 3 N–H and O–H groups in total. The minimum absolute atomic E-state index is 0.0260. The number of hydrogen-bond donors (Lipinski definition) is 3. The zero-order valence-electron chi connectivity index (χ0n) is 39.7. The summed E-state index contributed by atoms with van der Waals surface area (Å²) >= 11 is 0. The van der Waals surface area contributed by atoms with E-state index in [4.69, 9.17) is 4.74 Å². The van der Waals surface area contributed by atoms with E-state index in [0.29, 0.717) is 19.4 Å². The Morgan fingerprint density at radius 2 is 0.833 bits per heavy atom. The van der Waals surface area contributed by atoms with Gasteiger partial charge in [0.1, 0.15) is 0 Å². The average molecular weight is 842 g/mol. The van der Waals surface area contributed by atoms with Gasteiger partial charge in [0.05, 0.1) is 25.4 Å². The number of aliphatic hydroxyl groups excluding tert-OH is 2. The highest BCUT2D eigenvalue weighted by Crippen LogP contribution is 2.14. The Kier molecular flexibility index (Phi) is 47.7. The molecule has 6 nitrogen and oxygen atoms in total. The van der Waals surface area contributed by atoms with Crippen LogP contribution >= 0.6 is 0 Å². The number of esters is 1. The Labute approximate surface area is 372 Å². The minimum atomic E-state index is -0.854. The number of rotatable bonds is 47. The van der Waals surface area contributed by atoms with E-state index in [1.165, 1.54) is 148 Å². The third kappa shape index (κ3) is 45.3. The number of amides is 1. The predicted octanol–water partition coefficient (Wildman–Crippen LogP) is 15.5. The quantitative estimate of drug-likeness (QED) is 0.0322. The van der Waals surface area contributed by atoms with Crippen molar-refractivity contribution in [3.05, 3.63) is 48.6 Å². The summed E-state index contributed by atoms with van der Waals surface area (Å²) in [5.41, 5.74) is 0. The van der Waals surface area contributed by atoms with Crippen LogP contribution in [0.25, 0.3) is 0 Å². The van der Waals surface area contributed by atoms with E-state index in [-0.39, 0.29) is 18.5 Å². The van der Waals surface area contributed by atoms with Gasteiger partial charge in [-0.1, -0.05) is 197 Å². The lowest BCUT2D eigenvalue weighted by molar-refractivity contribution is -0.143. The number of unbranched alkanes of at least 4 members (excludes halogenated alkanes) is 30. The van der Waals surface area contributed by atoms with Gasteiger partial charge < -0.3 is 20.3 Å². The molecular formula is C54H99NO5. The molecule has 0 rings (SSSR count). The smallest absolute Gasteiger partial charge is 0.305 e. The Bertz CT molecular complexity index is 1020. The van der Waals surface area contributed by atoms with Crippen molar-refractivity contribution in [3.8, 4) is 0 Å². The third-order valence-electron chi connectivity index (χ3n) is 11.6. The molecule has 0 saturated carbocycles. The first-order valence-corrected chi connectivity index (χ1v) is 25.9. The largest absolute Gasteiger partial charge is 0.466 e. The van der Waals surface area contributed by atoms with Crippen molar-refractivity contribution < 1.29 is 24.5 Å². The molecule has 2 atom stereocenters. The van der Waals surface area contributed by atoms with Crippen molar-refractivity contribution in [1.82, 2.24) is 5.32 Å². The van der Waals surface area contributed by atoms with E-state index in [0.717, 1.165) is 83.5 Å². The van der Waals surface area contributed by atoms with Crippen LogP contribution in [-0.4, -0.2) is 47.4 Å². The van der Waals surface area contributed by atoms with Gasteiger partial charge in [0.25, 0.3) is 0 Å².